The zero-order valence-corrected chi connectivity index (χ0v) is 6.42. The van der Waals surface area contributed by atoms with Crippen LogP contribution in [0.25, 0.3) is 0 Å². The van der Waals surface area contributed by atoms with Gasteiger partial charge in [0.15, 0.2) is 5.60 Å². The molecule has 1 atom stereocenters. The molecule has 60 valence electrons. The largest absolute Gasteiger partial charge is 0.479 e. The molecule has 0 spiro atoms. The van der Waals surface area contributed by atoms with Gasteiger partial charge in [-0.25, -0.2) is 4.79 Å². The second-order valence-electron chi connectivity index (χ2n) is 2.68. The van der Waals surface area contributed by atoms with Gasteiger partial charge < -0.3 is 10.2 Å². The SMILES string of the molecule is CCCC[C@@](C)(O)C(=O)O. The first-order chi connectivity index (χ1) is 4.50. The minimum atomic E-state index is -1.53. The van der Waals surface area contributed by atoms with Crippen molar-refractivity contribution in [3.8, 4) is 0 Å². The predicted molar refractivity (Wildman–Crippen MR) is 37.8 cm³/mol. The van der Waals surface area contributed by atoms with Gasteiger partial charge in [0.1, 0.15) is 0 Å². The smallest absolute Gasteiger partial charge is 0.335 e. The Morgan fingerprint density at radius 3 is 2.40 bits per heavy atom. The summed E-state index contributed by atoms with van der Waals surface area (Å²) in [5.41, 5.74) is -1.53. The average Bonchev–Trinajstić information content (AvgIpc) is 1.84. The van der Waals surface area contributed by atoms with Gasteiger partial charge in [0.25, 0.3) is 0 Å². The number of aliphatic hydroxyl groups is 1. The number of aliphatic carboxylic acids is 1. The van der Waals surface area contributed by atoms with Crippen molar-refractivity contribution >= 4 is 5.97 Å². The Morgan fingerprint density at radius 1 is 1.60 bits per heavy atom. The van der Waals surface area contributed by atoms with Gasteiger partial charge in [-0.15, -0.1) is 0 Å². The summed E-state index contributed by atoms with van der Waals surface area (Å²) in [5.74, 6) is -1.14. The van der Waals surface area contributed by atoms with E-state index in [4.69, 9.17) is 10.2 Å². The van der Waals surface area contributed by atoms with Crippen molar-refractivity contribution in [3.05, 3.63) is 0 Å². The van der Waals surface area contributed by atoms with Crippen molar-refractivity contribution in [2.24, 2.45) is 0 Å². The number of rotatable bonds is 4. The fourth-order valence-electron chi connectivity index (χ4n) is 0.628. The fraction of sp³-hybridized carbons (Fsp3) is 0.857. The summed E-state index contributed by atoms with van der Waals surface area (Å²) in [6.45, 7) is 3.28. The van der Waals surface area contributed by atoms with Crippen molar-refractivity contribution in [1.82, 2.24) is 0 Å². The molecule has 0 saturated heterocycles. The fourth-order valence-corrected chi connectivity index (χ4v) is 0.628. The number of hydrogen-bond acceptors (Lipinski definition) is 2. The standard InChI is InChI=1S/C7H14O3/c1-3-4-5-7(2,10)6(8)9/h10H,3-5H2,1-2H3,(H,8,9)/t7-/m1/s1. The van der Waals surface area contributed by atoms with E-state index in [1.54, 1.807) is 0 Å². The van der Waals surface area contributed by atoms with E-state index in [1.807, 2.05) is 6.92 Å². The molecule has 0 aromatic rings. The Kier molecular flexibility index (Phi) is 3.36. The molecule has 10 heavy (non-hydrogen) atoms. The third-order valence-electron chi connectivity index (χ3n) is 1.48. The van der Waals surface area contributed by atoms with Crippen molar-refractivity contribution in [1.29, 1.82) is 0 Å². The average molecular weight is 146 g/mol. The molecular weight excluding hydrogens is 132 g/mol. The van der Waals surface area contributed by atoms with Gasteiger partial charge in [0.05, 0.1) is 0 Å². The van der Waals surface area contributed by atoms with Crippen LogP contribution in [-0.2, 0) is 4.79 Å². The van der Waals surface area contributed by atoms with E-state index in [9.17, 15) is 4.79 Å². The Hall–Kier alpha value is -0.570. The van der Waals surface area contributed by atoms with E-state index < -0.39 is 11.6 Å². The lowest BCUT2D eigenvalue weighted by Crippen LogP contribution is -2.34. The lowest BCUT2D eigenvalue weighted by molar-refractivity contribution is -0.157. The number of unbranched alkanes of at least 4 members (excludes halogenated alkanes) is 1. The van der Waals surface area contributed by atoms with Gasteiger partial charge in [0.2, 0.25) is 0 Å². The van der Waals surface area contributed by atoms with Crippen LogP contribution in [0.3, 0.4) is 0 Å². The summed E-state index contributed by atoms with van der Waals surface area (Å²) in [7, 11) is 0. The Bertz CT molecular complexity index is 118. The van der Waals surface area contributed by atoms with Crippen molar-refractivity contribution < 1.29 is 15.0 Å². The summed E-state index contributed by atoms with van der Waals surface area (Å²) >= 11 is 0. The lowest BCUT2D eigenvalue weighted by atomic mass is 10.00. The van der Waals surface area contributed by atoms with Gasteiger partial charge in [-0.05, 0) is 13.3 Å². The van der Waals surface area contributed by atoms with Crippen LogP contribution in [0, 0.1) is 0 Å². The third kappa shape index (κ3) is 2.82. The van der Waals surface area contributed by atoms with Crippen molar-refractivity contribution in [2.45, 2.75) is 38.7 Å². The molecule has 0 fully saturated rings. The highest BCUT2D eigenvalue weighted by molar-refractivity contribution is 5.76. The van der Waals surface area contributed by atoms with Crippen LogP contribution >= 0.6 is 0 Å². The number of carboxylic acid groups (broad SMARTS) is 1. The number of carbonyl (C=O) groups is 1. The van der Waals surface area contributed by atoms with E-state index in [-0.39, 0.29) is 0 Å². The second kappa shape index (κ2) is 3.56. The maximum Gasteiger partial charge on any atom is 0.335 e. The molecule has 3 heteroatoms. The Balaban J connectivity index is 3.75. The number of carboxylic acids is 1. The minimum Gasteiger partial charge on any atom is -0.479 e. The molecule has 3 nitrogen and oxygen atoms in total. The van der Waals surface area contributed by atoms with Crippen LogP contribution in [-0.4, -0.2) is 21.8 Å². The first-order valence-electron chi connectivity index (χ1n) is 3.46. The Morgan fingerprint density at radius 2 is 2.10 bits per heavy atom. The molecule has 0 aromatic carbocycles. The van der Waals surface area contributed by atoms with E-state index in [0.29, 0.717) is 6.42 Å². The van der Waals surface area contributed by atoms with Gasteiger partial charge in [-0.1, -0.05) is 19.8 Å². The summed E-state index contributed by atoms with van der Waals surface area (Å²) < 4.78 is 0. The maximum absolute atomic E-state index is 10.3. The highest BCUT2D eigenvalue weighted by Crippen LogP contribution is 2.12. The molecule has 0 radical (unpaired) electrons. The summed E-state index contributed by atoms with van der Waals surface area (Å²) in [5, 5.41) is 17.5. The topological polar surface area (TPSA) is 57.5 Å². The van der Waals surface area contributed by atoms with Crippen LogP contribution in [0.4, 0.5) is 0 Å². The normalized spacial score (nSPS) is 16.3. The first kappa shape index (κ1) is 9.43. The third-order valence-corrected chi connectivity index (χ3v) is 1.48. The van der Waals surface area contributed by atoms with E-state index >= 15 is 0 Å². The molecule has 0 rings (SSSR count). The van der Waals surface area contributed by atoms with Crippen LogP contribution in [0.5, 0.6) is 0 Å². The van der Waals surface area contributed by atoms with Crippen LogP contribution < -0.4 is 0 Å². The van der Waals surface area contributed by atoms with Crippen LogP contribution in [0.15, 0.2) is 0 Å². The van der Waals surface area contributed by atoms with Gasteiger partial charge in [-0.2, -0.15) is 0 Å². The monoisotopic (exact) mass is 146 g/mol. The van der Waals surface area contributed by atoms with Gasteiger partial charge in [0, 0.05) is 0 Å². The molecule has 2 N–H and O–H groups in total. The molecule has 0 amide bonds. The summed E-state index contributed by atoms with van der Waals surface area (Å²) in [6, 6.07) is 0. The minimum absolute atomic E-state index is 0.332. The molecule has 0 aliphatic heterocycles. The predicted octanol–water partition coefficient (Wildman–Crippen LogP) is 1.01. The molecule has 0 heterocycles. The molecule has 0 aliphatic carbocycles. The first-order valence-corrected chi connectivity index (χ1v) is 3.46. The zero-order valence-electron chi connectivity index (χ0n) is 6.42. The maximum atomic E-state index is 10.3. The molecule has 0 unspecified atom stereocenters. The summed E-state index contributed by atoms with van der Waals surface area (Å²) in [4.78, 5) is 10.3. The molecule has 0 aromatic heterocycles. The van der Waals surface area contributed by atoms with E-state index in [0.717, 1.165) is 12.8 Å². The molecule has 0 saturated carbocycles. The second-order valence-corrected chi connectivity index (χ2v) is 2.68. The highest BCUT2D eigenvalue weighted by Gasteiger charge is 2.28. The van der Waals surface area contributed by atoms with Crippen LogP contribution in [0.2, 0.25) is 0 Å². The van der Waals surface area contributed by atoms with Crippen molar-refractivity contribution in [2.75, 3.05) is 0 Å². The van der Waals surface area contributed by atoms with Gasteiger partial charge in [-0.3, -0.25) is 0 Å². The molecular formula is C7H14O3. The van der Waals surface area contributed by atoms with Gasteiger partial charge >= 0.3 is 5.97 Å². The van der Waals surface area contributed by atoms with Crippen LogP contribution in [0.1, 0.15) is 33.1 Å². The van der Waals surface area contributed by atoms with Crippen molar-refractivity contribution in [3.63, 3.8) is 0 Å². The molecule has 0 aliphatic rings. The summed E-state index contributed by atoms with van der Waals surface area (Å²) in [6.07, 6.45) is 1.99. The quantitative estimate of drug-likeness (QED) is 0.622. The highest BCUT2D eigenvalue weighted by atomic mass is 16.4. The Labute approximate surface area is 60.7 Å². The van der Waals surface area contributed by atoms with E-state index in [2.05, 4.69) is 0 Å². The zero-order chi connectivity index (χ0) is 8.20. The lowest BCUT2D eigenvalue weighted by Gasteiger charge is -2.16. The number of hydrogen-bond donors (Lipinski definition) is 2. The van der Waals surface area contributed by atoms with E-state index in [1.165, 1.54) is 6.92 Å². The molecule has 0 bridgehead atoms.